The fraction of sp³-hybridized carbons (Fsp3) is 0.368. The molecule has 28 heavy (non-hydrogen) atoms. The molecule has 0 saturated carbocycles. The molecule has 1 aromatic heterocycles. The molecule has 0 N–H and O–H groups in total. The highest BCUT2D eigenvalue weighted by Crippen LogP contribution is 2.23. The van der Waals surface area contributed by atoms with Gasteiger partial charge in [-0.3, -0.25) is 9.69 Å². The number of alkyl halides is 3. The predicted molar refractivity (Wildman–Crippen MR) is 101 cm³/mol. The lowest BCUT2D eigenvalue weighted by Crippen LogP contribution is -2.47. The summed E-state index contributed by atoms with van der Waals surface area (Å²) in [5.74, 6) is -0.271. The summed E-state index contributed by atoms with van der Waals surface area (Å²) in [6.45, 7) is 5.15. The molecule has 1 aliphatic heterocycles. The van der Waals surface area contributed by atoms with Gasteiger partial charge in [0.1, 0.15) is 5.75 Å². The molecule has 0 bridgehead atoms. The number of hydrogen-bond donors (Lipinski definition) is 0. The summed E-state index contributed by atoms with van der Waals surface area (Å²) in [4.78, 5) is 20.5. The maximum atomic E-state index is 12.3. The molecule has 0 atom stereocenters. The Labute approximate surface area is 165 Å². The quantitative estimate of drug-likeness (QED) is 0.704. The number of carbonyl (C=O) groups excluding carboxylic acids is 1. The van der Waals surface area contributed by atoms with E-state index in [1.165, 1.54) is 23.5 Å². The van der Waals surface area contributed by atoms with Crippen LogP contribution in [0, 0.1) is 6.92 Å². The van der Waals surface area contributed by atoms with Crippen LogP contribution in [0.1, 0.15) is 16.3 Å². The first-order chi connectivity index (χ1) is 13.3. The molecular weight excluding hydrogens is 391 g/mol. The second-order valence-corrected chi connectivity index (χ2v) is 7.48. The molecular formula is C19H20F3N3O2S. The second kappa shape index (κ2) is 8.74. The normalized spacial score (nSPS) is 15.9. The molecule has 1 aromatic carbocycles. The maximum absolute atomic E-state index is 12.3. The molecule has 150 valence electrons. The minimum absolute atomic E-state index is 0.0426. The van der Waals surface area contributed by atoms with Gasteiger partial charge in [-0.2, -0.15) is 0 Å². The summed E-state index contributed by atoms with van der Waals surface area (Å²) in [6.07, 6.45) is -1.41. The van der Waals surface area contributed by atoms with E-state index in [2.05, 4.69) is 14.6 Å². The fourth-order valence-electron chi connectivity index (χ4n) is 2.90. The highest BCUT2D eigenvalue weighted by Gasteiger charge is 2.31. The van der Waals surface area contributed by atoms with Crippen LogP contribution >= 0.6 is 11.3 Å². The third-order valence-corrected chi connectivity index (χ3v) is 5.07. The number of ether oxygens (including phenoxy) is 1. The van der Waals surface area contributed by atoms with Gasteiger partial charge in [0.15, 0.2) is 0 Å². The van der Waals surface area contributed by atoms with Crippen molar-refractivity contribution in [3.05, 3.63) is 52.0 Å². The van der Waals surface area contributed by atoms with E-state index < -0.39 is 6.36 Å². The van der Waals surface area contributed by atoms with Crippen LogP contribution in [-0.4, -0.2) is 53.2 Å². The zero-order chi connectivity index (χ0) is 20.1. The van der Waals surface area contributed by atoms with Gasteiger partial charge >= 0.3 is 6.36 Å². The van der Waals surface area contributed by atoms with Gasteiger partial charge in [-0.05, 0) is 30.7 Å². The van der Waals surface area contributed by atoms with Crippen molar-refractivity contribution in [2.45, 2.75) is 19.8 Å². The number of aromatic nitrogens is 1. The Morgan fingerprint density at radius 2 is 1.89 bits per heavy atom. The molecule has 0 radical (unpaired) electrons. The van der Waals surface area contributed by atoms with Crippen molar-refractivity contribution in [2.75, 3.05) is 26.2 Å². The average Bonchev–Trinajstić information content (AvgIpc) is 3.06. The molecule has 3 rings (SSSR count). The Hall–Kier alpha value is -2.39. The van der Waals surface area contributed by atoms with Crippen LogP contribution in [0.25, 0.3) is 6.08 Å². The van der Waals surface area contributed by atoms with Gasteiger partial charge < -0.3 is 9.64 Å². The third-order valence-electron chi connectivity index (χ3n) is 4.28. The molecule has 0 aliphatic carbocycles. The molecule has 1 aliphatic rings. The number of halogens is 3. The highest BCUT2D eigenvalue weighted by atomic mass is 32.1. The molecule has 0 spiro atoms. The van der Waals surface area contributed by atoms with E-state index in [1.54, 1.807) is 29.2 Å². The van der Waals surface area contributed by atoms with Gasteiger partial charge in [0.25, 0.3) is 0 Å². The van der Waals surface area contributed by atoms with Gasteiger partial charge in [-0.25, -0.2) is 4.98 Å². The number of hydrogen-bond acceptors (Lipinski definition) is 5. The molecule has 1 saturated heterocycles. The Kier molecular flexibility index (Phi) is 6.35. The van der Waals surface area contributed by atoms with Crippen LogP contribution in [0.3, 0.4) is 0 Å². The molecule has 5 nitrogen and oxygen atoms in total. The van der Waals surface area contributed by atoms with E-state index in [4.69, 9.17) is 0 Å². The van der Waals surface area contributed by atoms with Crippen molar-refractivity contribution >= 4 is 23.3 Å². The van der Waals surface area contributed by atoms with Gasteiger partial charge in [0.2, 0.25) is 5.91 Å². The molecule has 0 unspecified atom stereocenters. The minimum atomic E-state index is -4.68. The number of amides is 1. The number of benzene rings is 1. The number of piperazine rings is 1. The van der Waals surface area contributed by atoms with Crippen LogP contribution in [0.15, 0.2) is 35.7 Å². The van der Waals surface area contributed by atoms with Crippen molar-refractivity contribution in [1.82, 2.24) is 14.8 Å². The van der Waals surface area contributed by atoms with E-state index in [-0.39, 0.29) is 11.7 Å². The van der Waals surface area contributed by atoms with Gasteiger partial charge in [-0.1, -0.05) is 12.1 Å². The molecule has 2 heterocycles. The summed E-state index contributed by atoms with van der Waals surface area (Å²) in [6, 6.07) is 5.87. The Morgan fingerprint density at radius 3 is 2.46 bits per heavy atom. The van der Waals surface area contributed by atoms with E-state index in [0.717, 1.165) is 16.3 Å². The summed E-state index contributed by atoms with van der Waals surface area (Å²) < 4.78 is 40.5. The summed E-state index contributed by atoms with van der Waals surface area (Å²) in [5.41, 5.74) is 1.68. The smallest absolute Gasteiger partial charge is 0.406 e. The zero-order valence-corrected chi connectivity index (χ0v) is 16.1. The number of rotatable bonds is 5. The van der Waals surface area contributed by atoms with Crippen molar-refractivity contribution in [2.24, 2.45) is 0 Å². The third kappa shape index (κ3) is 6.07. The Bertz CT molecular complexity index is 826. The van der Waals surface area contributed by atoms with Crippen molar-refractivity contribution in [1.29, 1.82) is 0 Å². The highest BCUT2D eigenvalue weighted by molar-refractivity contribution is 7.09. The van der Waals surface area contributed by atoms with Gasteiger partial charge in [0.05, 0.1) is 10.7 Å². The average molecular weight is 411 g/mol. The molecule has 2 aromatic rings. The lowest BCUT2D eigenvalue weighted by Gasteiger charge is -2.34. The minimum Gasteiger partial charge on any atom is -0.406 e. The number of aryl methyl sites for hydroxylation is 1. The topological polar surface area (TPSA) is 45.7 Å². The van der Waals surface area contributed by atoms with E-state index in [0.29, 0.717) is 32.7 Å². The number of thiazole rings is 1. The van der Waals surface area contributed by atoms with Crippen LogP contribution < -0.4 is 4.74 Å². The van der Waals surface area contributed by atoms with Crippen LogP contribution in [0.5, 0.6) is 5.75 Å². The fourth-order valence-corrected chi connectivity index (χ4v) is 3.48. The SMILES string of the molecule is Cc1nc(C=CC(=O)N2CCN(Cc3ccc(OC(F)(F)F)cc3)CC2)cs1. The molecule has 1 fully saturated rings. The second-order valence-electron chi connectivity index (χ2n) is 6.42. The number of carbonyl (C=O) groups is 1. The Balaban J connectivity index is 1.46. The lowest BCUT2D eigenvalue weighted by molar-refractivity contribution is -0.274. The van der Waals surface area contributed by atoms with Crippen LogP contribution in [-0.2, 0) is 11.3 Å². The van der Waals surface area contributed by atoms with E-state index in [9.17, 15) is 18.0 Å². The Morgan fingerprint density at radius 1 is 1.21 bits per heavy atom. The first-order valence-electron chi connectivity index (χ1n) is 8.75. The molecule has 9 heteroatoms. The largest absolute Gasteiger partial charge is 0.573 e. The number of nitrogens with zero attached hydrogens (tertiary/aromatic N) is 3. The summed E-state index contributed by atoms with van der Waals surface area (Å²) in [7, 11) is 0. The first kappa shape index (κ1) is 20.3. The van der Waals surface area contributed by atoms with Crippen LogP contribution in [0.4, 0.5) is 13.2 Å². The predicted octanol–water partition coefficient (Wildman–Crippen LogP) is 3.71. The first-order valence-corrected chi connectivity index (χ1v) is 9.63. The van der Waals surface area contributed by atoms with E-state index in [1.807, 2.05) is 12.3 Å². The molecule has 1 amide bonds. The lowest BCUT2D eigenvalue weighted by atomic mass is 10.2. The van der Waals surface area contributed by atoms with Crippen molar-refractivity contribution in [3.8, 4) is 5.75 Å². The maximum Gasteiger partial charge on any atom is 0.573 e. The van der Waals surface area contributed by atoms with Gasteiger partial charge in [-0.15, -0.1) is 24.5 Å². The van der Waals surface area contributed by atoms with Crippen molar-refractivity contribution in [3.63, 3.8) is 0 Å². The van der Waals surface area contributed by atoms with Crippen molar-refractivity contribution < 1.29 is 22.7 Å². The van der Waals surface area contributed by atoms with E-state index >= 15 is 0 Å². The van der Waals surface area contributed by atoms with Crippen LogP contribution in [0.2, 0.25) is 0 Å². The monoisotopic (exact) mass is 411 g/mol. The van der Waals surface area contributed by atoms with Gasteiger partial charge in [0, 0.05) is 44.2 Å². The summed E-state index contributed by atoms with van der Waals surface area (Å²) in [5, 5.41) is 2.86. The zero-order valence-electron chi connectivity index (χ0n) is 15.3. The summed E-state index contributed by atoms with van der Waals surface area (Å²) >= 11 is 1.54. The standard InChI is InChI=1S/C19H20F3N3O2S/c1-14-23-16(13-28-14)4-7-18(26)25-10-8-24(9-11-25)12-15-2-5-17(6-3-15)27-19(20,21)22/h2-7,13H,8-12H2,1H3.